The molecule has 0 amide bonds. The molecule has 0 saturated carbocycles. The lowest BCUT2D eigenvalue weighted by Crippen LogP contribution is -2.34. The fourth-order valence-corrected chi connectivity index (χ4v) is 1.63. The monoisotopic (exact) mass is 237 g/mol. The van der Waals surface area contributed by atoms with Crippen LogP contribution in [0.4, 0.5) is 0 Å². The van der Waals surface area contributed by atoms with Gasteiger partial charge in [0.15, 0.2) is 0 Å². The van der Waals surface area contributed by atoms with Crippen LogP contribution in [0, 0.1) is 6.92 Å². The molecule has 1 atom stereocenters. The number of hydrogen-bond donors (Lipinski definition) is 2. The van der Waals surface area contributed by atoms with Gasteiger partial charge in [0.2, 0.25) is 0 Å². The van der Waals surface area contributed by atoms with Crippen LogP contribution in [0.1, 0.15) is 21.5 Å². The van der Waals surface area contributed by atoms with Gasteiger partial charge in [-0.2, -0.15) is 0 Å². The SMILES string of the molecule is COC(=O)[C@H](N)Cc1c(C)cccc1C(=O)O. The second kappa shape index (κ2) is 5.45. The number of carbonyl (C=O) groups excluding carboxylic acids is 1. The number of carboxylic acid groups (broad SMARTS) is 1. The average Bonchev–Trinajstić information content (AvgIpc) is 2.30. The molecule has 0 radical (unpaired) electrons. The Labute approximate surface area is 99.2 Å². The van der Waals surface area contributed by atoms with Crippen molar-refractivity contribution in [2.24, 2.45) is 5.73 Å². The van der Waals surface area contributed by atoms with Gasteiger partial charge in [-0.25, -0.2) is 4.79 Å². The van der Waals surface area contributed by atoms with Gasteiger partial charge in [-0.1, -0.05) is 12.1 Å². The first kappa shape index (κ1) is 13.2. The number of aromatic carboxylic acids is 1. The van der Waals surface area contributed by atoms with E-state index in [1.807, 2.05) is 0 Å². The normalized spacial score (nSPS) is 11.9. The minimum atomic E-state index is -1.03. The van der Waals surface area contributed by atoms with Crippen LogP contribution in [0.15, 0.2) is 18.2 Å². The third-order valence-corrected chi connectivity index (χ3v) is 2.57. The van der Waals surface area contributed by atoms with E-state index in [1.54, 1.807) is 19.1 Å². The van der Waals surface area contributed by atoms with Crippen LogP contribution in [0.2, 0.25) is 0 Å². The third kappa shape index (κ3) is 3.04. The number of hydrogen-bond acceptors (Lipinski definition) is 4. The maximum Gasteiger partial charge on any atom is 0.335 e. The lowest BCUT2D eigenvalue weighted by Gasteiger charge is -2.13. The van der Waals surface area contributed by atoms with Gasteiger partial charge in [0.25, 0.3) is 0 Å². The summed E-state index contributed by atoms with van der Waals surface area (Å²) in [5.74, 6) is -1.58. The van der Waals surface area contributed by atoms with Crippen LogP contribution in [0.25, 0.3) is 0 Å². The predicted molar refractivity (Wildman–Crippen MR) is 61.8 cm³/mol. The summed E-state index contributed by atoms with van der Waals surface area (Å²) in [5, 5.41) is 9.04. The molecule has 92 valence electrons. The van der Waals surface area contributed by atoms with Crippen molar-refractivity contribution in [1.82, 2.24) is 0 Å². The molecule has 0 heterocycles. The second-order valence-electron chi connectivity index (χ2n) is 3.74. The quantitative estimate of drug-likeness (QED) is 0.754. The number of carboxylic acids is 1. The number of aryl methyl sites for hydroxylation is 1. The summed E-state index contributed by atoms with van der Waals surface area (Å²) in [6.45, 7) is 1.78. The maximum atomic E-state index is 11.2. The second-order valence-corrected chi connectivity index (χ2v) is 3.74. The molecule has 0 bridgehead atoms. The molecule has 17 heavy (non-hydrogen) atoms. The molecule has 1 aromatic rings. The molecule has 1 aromatic carbocycles. The van der Waals surface area contributed by atoms with Crippen LogP contribution in [0.5, 0.6) is 0 Å². The zero-order chi connectivity index (χ0) is 13.0. The average molecular weight is 237 g/mol. The molecule has 1 rings (SSSR count). The van der Waals surface area contributed by atoms with Crippen molar-refractivity contribution in [1.29, 1.82) is 0 Å². The summed E-state index contributed by atoms with van der Waals surface area (Å²) in [6.07, 6.45) is 0.154. The number of methoxy groups -OCH3 is 1. The Balaban J connectivity index is 3.05. The highest BCUT2D eigenvalue weighted by atomic mass is 16.5. The van der Waals surface area contributed by atoms with Gasteiger partial charge in [-0.15, -0.1) is 0 Å². The van der Waals surface area contributed by atoms with Crippen LogP contribution in [-0.4, -0.2) is 30.2 Å². The highest BCUT2D eigenvalue weighted by Gasteiger charge is 2.19. The van der Waals surface area contributed by atoms with E-state index in [0.29, 0.717) is 5.56 Å². The van der Waals surface area contributed by atoms with Gasteiger partial charge >= 0.3 is 11.9 Å². The van der Waals surface area contributed by atoms with E-state index in [4.69, 9.17) is 10.8 Å². The molecule has 0 aliphatic rings. The van der Waals surface area contributed by atoms with Crippen molar-refractivity contribution >= 4 is 11.9 Å². The smallest absolute Gasteiger partial charge is 0.335 e. The lowest BCUT2D eigenvalue weighted by molar-refractivity contribution is -0.142. The van der Waals surface area contributed by atoms with Crippen LogP contribution < -0.4 is 5.73 Å². The van der Waals surface area contributed by atoms with E-state index in [9.17, 15) is 9.59 Å². The van der Waals surface area contributed by atoms with Crippen molar-refractivity contribution in [2.75, 3.05) is 7.11 Å². The lowest BCUT2D eigenvalue weighted by atomic mass is 9.96. The number of benzene rings is 1. The van der Waals surface area contributed by atoms with E-state index in [0.717, 1.165) is 5.56 Å². The molecule has 0 saturated heterocycles. The molecule has 0 spiro atoms. The van der Waals surface area contributed by atoms with Gasteiger partial charge in [0.05, 0.1) is 12.7 Å². The van der Waals surface area contributed by atoms with E-state index < -0.39 is 18.0 Å². The topological polar surface area (TPSA) is 89.6 Å². The van der Waals surface area contributed by atoms with Gasteiger partial charge < -0.3 is 15.6 Å². The van der Waals surface area contributed by atoms with Crippen LogP contribution in [0.3, 0.4) is 0 Å². The van der Waals surface area contributed by atoms with E-state index >= 15 is 0 Å². The van der Waals surface area contributed by atoms with Gasteiger partial charge in [-0.05, 0) is 30.5 Å². The zero-order valence-corrected chi connectivity index (χ0v) is 9.77. The Hall–Kier alpha value is -1.88. The van der Waals surface area contributed by atoms with E-state index in [2.05, 4.69) is 4.74 Å². The minimum absolute atomic E-state index is 0.154. The Morgan fingerprint density at radius 2 is 2.12 bits per heavy atom. The van der Waals surface area contributed by atoms with Crippen molar-refractivity contribution < 1.29 is 19.4 Å². The predicted octanol–water partition coefficient (Wildman–Crippen LogP) is 0.736. The van der Waals surface area contributed by atoms with Crippen LogP contribution in [-0.2, 0) is 16.0 Å². The van der Waals surface area contributed by atoms with Crippen molar-refractivity contribution in [2.45, 2.75) is 19.4 Å². The number of carbonyl (C=O) groups is 2. The van der Waals surface area contributed by atoms with E-state index in [-0.39, 0.29) is 12.0 Å². The molecule has 5 heteroatoms. The van der Waals surface area contributed by atoms with Crippen molar-refractivity contribution in [3.63, 3.8) is 0 Å². The molecular formula is C12H15NO4. The number of esters is 1. The summed E-state index contributed by atoms with van der Waals surface area (Å²) in [4.78, 5) is 22.3. The molecule has 0 aliphatic carbocycles. The number of nitrogens with two attached hydrogens (primary N) is 1. The first-order chi connectivity index (χ1) is 7.97. The largest absolute Gasteiger partial charge is 0.478 e. The first-order valence-electron chi connectivity index (χ1n) is 5.12. The summed E-state index contributed by atoms with van der Waals surface area (Å²) >= 11 is 0. The van der Waals surface area contributed by atoms with Crippen LogP contribution >= 0.6 is 0 Å². The number of ether oxygens (including phenoxy) is 1. The fourth-order valence-electron chi connectivity index (χ4n) is 1.63. The third-order valence-electron chi connectivity index (χ3n) is 2.57. The summed E-state index contributed by atoms with van der Waals surface area (Å²) in [5.41, 5.74) is 7.16. The molecule has 0 aliphatic heterocycles. The number of rotatable bonds is 4. The standard InChI is InChI=1S/C12H15NO4/c1-7-4-3-5-8(11(14)15)9(7)6-10(13)12(16)17-2/h3-5,10H,6,13H2,1-2H3,(H,14,15)/t10-/m1/s1. The molecule has 0 fully saturated rings. The Kier molecular flexibility index (Phi) is 4.23. The van der Waals surface area contributed by atoms with Gasteiger partial charge in [0, 0.05) is 0 Å². The molecule has 5 nitrogen and oxygen atoms in total. The highest BCUT2D eigenvalue weighted by molar-refractivity contribution is 5.90. The Morgan fingerprint density at radius 3 is 2.65 bits per heavy atom. The fraction of sp³-hybridized carbons (Fsp3) is 0.333. The molecular weight excluding hydrogens is 222 g/mol. The Morgan fingerprint density at radius 1 is 1.47 bits per heavy atom. The van der Waals surface area contributed by atoms with Crippen molar-refractivity contribution in [3.8, 4) is 0 Å². The van der Waals surface area contributed by atoms with Gasteiger partial charge in [0.1, 0.15) is 6.04 Å². The summed E-state index contributed by atoms with van der Waals surface area (Å²) < 4.78 is 4.51. The van der Waals surface area contributed by atoms with Crippen molar-refractivity contribution in [3.05, 3.63) is 34.9 Å². The molecule has 3 N–H and O–H groups in total. The minimum Gasteiger partial charge on any atom is -0.478 e. The highest BCUT2D eigenvalue weighted by Crippen LogP contribution is 2.16. The summed E-state index contributed by atoms with van der Waals surface area (Å²) in [7, 11) is 1.25. The van der Waals surface area contributed by atoms with Gasteiger partial charge in [-0.3, -0.25) is 4.79 Å². The first-order valence-corrected chi connectivity index (χ1v) is 5.12. The Bertz CT molecular complexity index is 442. The molecule has 0 unspecified atom stereocenters. The molecule has 0 aromatic heterocycles. The van der Waals surface area contributed by atoms with E-state index in [1.165, 1.54) is 13.2 Å². The maximum absolute atomic E-state index is 11.2. The zero-order valence-electron chi connectivity index (χ0n) is 9.77. The summed E-state index contributed by atoms with van der Waals surface area (Å²) in [6, 6.07) is 4.09.